The van der Waals surface area contributed by atoms with E-state index in [0.717, 1.165) is 19.4 Å². The van der Waals surface area contributed by atoms with Crippen LogP contribution in [0.25, 0.3) is 0 Å². The van der Waals surface area contributed by atoms with Crippen molar-refractivity contribution >= 4 is 29.2 Å². The molecule has 1 atom stereocenters. The number of aromatic nitrogens is 1. The van der Waals surface area contributed by atoms with Gasteiger partial charge in [0.2, 0.25) is 11.8 Å². The number of nitrogens with one attached hydrogen (secondary N) is 1. The molecule has 0 spiro atoms. The van der Waals surface area contributed by atoms with Crippen LogP contribution >= 0.6 is 11.6 Å². The molecule has 1 saturated heterocycles. The van der Waals surface area contributed by atoms with Crippen LogP contribution in [0.5, 0.6) is 0 Å². The van der Waals surface area contributed by atoms with E-state index in [0.29, 0.717) is 29.8 Å². The third kappa shape index (κ3) is 4.58. The Morgan fingerprint density at radius 2 is 2.26 bits per heavy atom. The van der Waals surface area contributed by atoms with E-state index in [9.17, 15) is 9.59 Å². The molecule has 126 valence electrons. The Hall–Kier alpha value is -1.82. The number of hydrogen-bond acceptors (Lipinski definition) is 4. The summed E-state index contributed by atoms with van der Waals surface area (Å²) in [6.45, 7) is 6.18. The minimum absolute atomic E-state index is 0.0730. The van der Waals surface area contributed by atoms with E-state index < -0.39 is 5.91 Å². The van der Waals surface area contributed by atoms with Gasteiger partial charge in [0.1, 0.15) is 5.82 Å². The number of hydrogen-bond donors (Lipinski definition) is 2. The second-order valence-corrected chi connectivity index (χ2v) is 6.73. The summed E-state index contributed by atoms with van der Waals surface area (Å²) in [7, 11) is 0. The summed E-state index contributed by atoms with van der Waals surface area (Å²) in [5.41, 5.74) is 5.51. The maximum Gasteiger partial charge on any atom is 0.250 e. The van der Waals surface area contributed by atoms with Gasteiger partial charge < -0.3 is 16.0 Å². The molecule has 1 aliphatic rings. The molecule has 2 rings (SSSR count). The zero-order valence-electron chi connectivity index (χ0n) is 13.5. The number of nitrogens with two attached hydrogens (primary N) is 1. The van der Waals surface area contributed by atoms with Crippen molar-refractivity contribution < 1.29 is 9.59 Å². The molecule has 0 radical (unpaired) electrons. The number of carbonyl (C=O) groups excluding carboxylic acids is 2. The van der Waals surface area contributed by atoms with Gasteiger partial charge in [0, 0.05) is 25.8 Å². The molecule has 1 aromatic rings. The topological polar surface area (TPSA) is 88.3 Å². The lowest BCUT2D eigenvalue weighted by Gasteiger charge is -2.33. The zero-order chi connectivity index (χ0) is 17.0. The van der Waals surface area contributed by atoms with E-state index in [-0.39, 0.29) is 17.4 Å². The lowest BCUT2D eigenvalue weighted by atomic mass is 9.97. The van der Waals surface area contributed by atoms with Gasteiger partial charge in [0.05, 0.1) is 16.5 Å². The number of primary amides is 1. The fourth-order valence-electron chi connectivity index (χ4n) is 2.63. The standard InChI is InChI=1S/C16H23ClN4O2/c1-10(2)7-20-16(23)11-4-3-5-21(9-11)15-13(17)6-12(8-19-15)14(18)22/h6,8,10-11H,3-5,7,9H2,1-2H3,(H2,18,22)(H,20,23)/t11-/m0/s1. The van der Waals surface area contributed by atoms with Crippen LogP contribution in [-0.4, -0.2) is 36.4 Å². The quantitative estimate of drug-likeness (QED) is 0.857. The van der Waals surface area contributed by atoms with E-state index in [1.165, 1.54) is 12.3 Å². The minimum atomic E-state index is -0.560. The van der Waals surface area contributed by atoms with E-state index in [2.05, 4.69) is 24.1 Å². The monoisotopic (exact) mass is 338 g/mol. The second-order valence-electron chi connectivity index (χ2n) is 6.32. The van der Waals surface area contributed by atoms with Crippen molar-refractivity contribution in [2.45, 2.75) is 26.7 Å². The summed E-state index contributed by atoms with van der Waals surface area (Å²) >= 11 is 6.22. The number of nitrogens with zero attached hydrogens (tertiary/aromatic N) is 2. The van der Waals surface area contributed by atoms with Crippen LogP contribution in [0.2, 0.25) is 5.02 Å². The SMILES string of the molecule is CC(C)CNC(=O)[C@H]1CCCN(c2ncc(C(N)=O)cc2Cl)C1. The van der Waals surface area contributed by atoms with Gasteiger partial charge in [0.15, 0.2) is 0 Å². The predicted octanol–water partition coefficient (Wildman–Crippen LogP) is 1.82. The average molecular weight is 339 g/mol. The zero-order valence-corrected chi connectivity index (χ0v) is 14.3. The van der Waals surface area contributed by atoms with Crippen molar-refractivity contribution in [3.63, 3.8) is 0 Å². The van der Waals surface area contributed by atoms with Gasteiger partial charge in [0.25, 0.3) is 0 Å². The first kappa shape index (κ1) is 17.5. The Balaban J connectivity index is 2.06. The van der Waals surface area contributed by atoms with E-state index in [1.54, 1.807) is 0 Å². The molecule has 0 aliphatic carbocycles. The molecule has 2 heterocycles. The first-order valence-corrected chi connectivity index (χ1v) is 8.24. The summed E-state index contributed by atoms with van der Waals surface area (Å²) in [6.07, 6.45) is 3.18. The lowest BCUT2D eigenvalue weighted by Crippen LogP contribution is -2.44. The summed E-state index contributed by atoms with van der Waals surface area (Å²) in [5.74, 6) is 0.467. The first-order valence-electron chi connectivity index (χ1n) is 7.86. The van der Waals surface area contributed by atoms with Gasteiger partial charge in [-0.25, -0.2) is 4.98 Å². The highest BCUT2D eigenvalue weighted by molar-refractivity contribution is 6.33. The number of rotatable bonds is 5. The molecule has 3 N–H and O–H groups in total. The van der Waals surface area contributed by atoms with Crippen LogP contribution < -0.4 is 16.0 Å². The molecule has 23 heavy (non-hydrogen) atoms. The van der Waals surface area contributed by atoms with Gasteiger partial charge in [-0.3, -0.25) is 9.59 Å². The van der Waals surface area contributed by atoms with Crippen molar-refractivity contribution in [1.82, 2.24) is 10.3 Å². The van der Waals surface area contributed by atoms with Crippen LogP contribution in [0.4, 0.5) is 5.82 Å². The molecule has 7 heteroatoms. The Labute approximate surface area is 141 Å². The van der Waals surface area contributed by atoms with Gasteiger partial charge in [-0.1, -0.05) is 25.4 Å². The van der Waals surface area contributed by atoms with Crippen molar-refractivity contribution in [2.24, 2.45) is 17.6 Å². The lowest BCUT2D eigenvalue weighted by molar-refractivity contribution is -0.125. The van der Waals surface area contributed by atoms with Crippen molar-refractivity contribution in [2.75, 3.05) is 24.5 Å². The first-order chi connectivity index (χ1) is 10.9. The Morgan fingerprint density at radius 3 is 2.87 bits per heavy atom. The molecule has 6 nitrogen and oxygen atoms in total. The summed E-state index contributed by atoms with van der Waals surface area (Å²) in [6, 6.07) is 1.52. The number of anilines is 1. The molecule has 0 aromatic carbocycles. The minimum Gasteiger partial charge on any atom is -0.366 e. The van der Waals surface area contributed by atoms with Crippen molar-refractivity contribution in [3.05, 3.63) is 22.8 Å². The molecule has 0 unspecified atom stereocenters. The molecule has 1 fully saturated rings. The maximum atomic E-state index is 12.3. The Bertz CT molecular complexity index is 591. The molecule has 1 aliphatic heterocycles. The molecule has 1 aromatic heterocycles. The number of pyridine rings is 1. The molecule has 0 saturated carbocycles. The number of carbonyl (C=O) groups is 2. The van der Waals surface area contributed by atoms with Crippen LogP contribution in [0.1, 0.15) is 37.0 Å². The van der Waals surface area contributed by atoms with E-state index in [4.69, 9.17) is 17.3 Å². The average Bonchev–Trinajstić information content (AvgIpc) is 2.52. The predicted molar refractivity (Wildman–Crippen MR) is 90.5 cm³/mol. The number of piperidine rings is 1. The van der Waals surface area contributed by atoms with Crippen molar-refractivity contribution in [3.8, 4) is 0 Å². The molecular formula is C16H23ClN4O2. The third-order valence-corrected chi connectivity index (χ3v) is 4.16. The second kappa shape index (κ2) is 7.64. The molecular weight excluding hydrogens is 316 g/mol. The number of amides is 2. The normalized spacial score (nSPS) is 18.1. The van der Waals surface area contributed by atoms with E-state index in [1.807, 2.05) is 4.90 Å². The highest BCUT2D eigenvalue weighted by Crippen LogP contribution is 2.28. The molecule has 2 amide bonds. The summed E-state index contributed by atoms with van der Waals surface area (Å²) < 4.78 is 0. The largest absolute Gasteiger partial charge is 0.366 e. The van der Waals surface area contributed by atoms with E-state index >= 15 is 0 Å². The smallest absolute Gasteiger partial charge is 0.250 e. The Kier molecular flexibility index (Phi) is 5.82. The fourth-order valence-corrected chi connectivity index (χ4v) is 2.92. The highest BCUT2D eigenvalue weighted by Gasteiger charge is 2.27. The van der Waals surface area contributed by atoms with Gasteiger partial charge in [-0.05, 0) is 24.8 Å². The van der Waals surface area contributed by atoms with Crippen LogP contribution in [0.15, 0.2) is 12.3 Å². The molecule has 0 bridgehead atoms. The van der Waals surface area contributed by atoms with Crippen molar-refractivity contribution in [1.29, 1.82) is 0 Å². The van der Waals surface area contributed by atoms with Crippen LogP contribution in [-0.2, 0) is 4.79 Å². The fraction of sp³-hybridized carbons (Fsp3) is 0.562. The van der Waals surface area contributed by atoms with Gasteiger partial charge >= 0.3 is 0 Å². The number of halogens is 1. The van der Waals surface area contributed by atoms with Crippen LogP contribution in [0.3, 0.4) is 0 Å². The summed E-state index contributed by atoms with van der Waals surface area (Å²) in [5, 5.41) is 3.36. The maximum absolute atomic E-state index is 12.3. The summed E-state index contributed by atoms with van der Waals surface area (Å²) in [4.78, 5) is 29.7. The highest BCUT2D eigenvalue weighted by atomic mass is 35.5. The van der Waals surface area contributed by atoms with Crippen LogP contribution in [0, 0.1) is 11.8 Å². The third-order valence-electron chi connectivity index (χ3n) is 3.88. The van der Waals surface area contributed by atoms with Gasteiger partial charge in [-0.2, -0.15) is 0 Å². The van der Waals surface area contributed by atoms with Gasteiger partial charge in [-0.15, -0.1) is 0 Å². The Morgan fingerprint density at radius 1 is 1.52 bits per heavy atom.